The number of ether oxygens (including phenoxy) is 1. The number of carboxylic acids is 1. The van der Waals surface area contributed by atoms with Crippen LogP contribution < -0.4 is 0 Å². The summed E-state index contributed by atoms with van der Waals surface area (Å²) in [7, 11) is -3.21. The van der Waals surface area contributed by atoms with Crippen molar-refractivity contribution in [3.05, 3.63) is 0 Å². The fourth-order valence-corrected chi connectivity index (χ4v) is 3.93. The molecule has 0 aromatic rings. The normalized spacial score (nSPS) is 19.1. The summed E-state index contributed by atoms with van der Waals surface area (Å²) >= 11 is 0. The lowest BCUT2D eigenvalue weighted by atomic mass is 9.94. The van der Waals surface area contributed by atoms with Gasteiger partial charge in [0, 0.05) is 13.1 Å². The first-order chi connectivity index (χ1) is 9.10. The minimum absolute atomic E-state index is 0.00398. The molecule has 20 heavy (non-hydrogen) atoms. The van der Waals surface area contributed by atoms with E-state index >= 15 is 0 Å². The third kappa shape index (κ3) is 6.19. The Labute approximate surface area is 121 Å². The minimum atomic E-state index is -3.21. The Morgan fingerprint density at radius 2 is 1.85 bits per heavy atom. The van der Waals surface area contributed by atoms with Crippen LogP contribution in [0.2, 0.25) is 0 Å². The molecule has 1 aliphatic rings. The summed E-state index contributed by atoms with van der Waals surface area (Å²) < 4.78 is 31.1. The summed E-state index contributed by atoms with van der Waals surface area (Å²) in [6, 6.07) is 0. The van der Waals surface area contributed by atoms with Crippen molar-refractivity contribution in [2.24, 2.45) is 5.41 Å². The highest BCUT2D eigenvalue weighted by atomic mass is 32.2. The standard InChI is InChI=1S/C13H25NO5S/c1-13(2,3)6-9-20(17,18)14-7-4-11(5-8-14)19-10-12(15)16/h11H,4-10H2,1-3H3,(H,15,16). The average Bonchev–Trinajstić information content (AvgIpc) is 2.34. The highest BCUT2D eigenvalue weighted by Crippen LogP contribution is 2.22. The van der Waals surface area contributed by atoms with Crippen molar-refractivity contribution in [1.82, 2.24) is 4.31 Å². The summed E-state index contributed by atoms with van der Waals surface area (Å²) in [6.07, 6.45) is 1.59. The maximum Gasteiger partial charge on any atom is 0.329 e. The van der Waals surface area contributed by atoms with E-state index in [0.717, 1.165) is 0 Å². The first-order valence-electron chi connectivity index (χ1n) is 6.91. The van der Waals surface area contributed by atoms with Crippen LogP contribution in [0, 0.1) is 5.41 Å². The summed E-state index contributed by atoms with van der Waals surface area (Å²) in [5.41, 5.74) is -0.00398. The summed E-state index contributed by atoms with van der Waals surface area (Å²) in [4.78, 5) is 10.4. The van der Waals surface area contributed by atoms with Crippen LogP contribution in [0.25, 0.3) is 0 Å². The van der Waals surface area contributed by atoms with Gasteiger partial charge in [0.2, 0.25) is 10.0 Å². The van der Waals surface area contributed by atoms with E-state index in [9.17, 15) is 13.2 Å². The van der Waals surface area contributed by atoms with Crippen LogP contribution >= 0.6 is 0 Å². The first kappa shape index (κ1) is 17.4. The van der Waals surface area contributed by atoms with E-state index in [1.165, 1.54) is 4.31 Å². The van der Waals surface area contributed by atoms with Gasteiger partial charge in [0.1, 0.15) is 6.61 Å². The van der Waals surface area contributed by atoms with Gasteiger partial charge in [-0.15, -0.1) is 0 Å². The fourth-order valence-electron chi connectivity index (χ4n) is 2.03. The molecule has 0 atom stereocenters. The minimum Gasteiger partial charge on any atom is -0.480 e. The molecule has 1 heterocycles. The number of sulfonamides is 1. The van der Waals surface area contributed by atoms with Gasteiger partial charge in [0.25, 0.3) is 0 Å². The third-order valence-electron chi connectivity index (χ3n) is 3.35. The molecule has 0 aromatic heterocycles. The van der Waals surface area contributed by atoms with E-state index in [1.807, 2.05) is 20.8 Å². The zero-order chi connectivity index (χ0) is 15.4. The van der Waals surface area contributed by atoms with Crippen molar-refractivity contribution in [3.63, 3.8) is 0 Å². The van der Waals surface area contributed by atoms with Crippen molar-refractivity contribution in [2.75, 3.05) is 25.4 Å². The van der Waals surface area contributed by atoms with Crippen molar-refractivity contribution < 1.29 is 23.1 Å². The van der Waals surface area contributed by atoms with Gasteiger partial charge in [0.05, 0.1) is 11.9 Å². The molecule has 1 rings (SSSR count). The average molecular weight is 307 g/mol. The number of piperidine rings is 1. The molecule has 1 saturated heterocycles. The lowest BCUT2D eigenvalue weighted by Crippen LogP contribution is -2.42. The van der Waals surface area contributed by atoms with Gasteiger partial charge < -0.3 is 9.84 Å². The molecule has 1 N–H and O–H groups in total. The SMILES string of the molecule is CC(C)(C)CCS(=O)(=O)N1CCC(OCC(=O)O)CC1. The number of hydrogen-bond donors (Lipinski definition) is 1. The Morgan fingerprint density at radius 3 is 2.30 bits per heavy atom. The zero-order valence-corrected chi connectivity index (χ0v) is 13.3. The molecule has 1 aliphatic heterocycles. The van der Waals surface area contributed by atoms with Crippen LogP contribution in [-0.4, -0.2) is 55.4 Å². The molecule has 0 unspecified atom stereocenters. The topological polar surface area (TPSA) is 83.9 Å². The summed E-state index contributed by atoms with van der Waals surface area (Å²) in [5.74, 6) is -0.831. The molecule has 6 nitrogen and oxygen atoms in total. The van der Waals surface area contributed by atoms with E-state index in [4.69, 9.17) is 9.84 Å². The monoisotopic (exact) mass is 307 g/mol. The lowest BCUT2D eigenvalue weighted by molar-refractivity contribution is -0.145. The first-order valence-corrected chi connectivity index (χ1v) is 8.52. The number of carbonyl (C=O) groups is 1. The molecule has 7 heteroatoms. The molecular weight excluding hydrogens is 282 g/mol. The summed E-state index contributed by atoms with van der Waals surface area (Å²) in [6.45, 7) is 6.58. The number of carboxylic acid groups (broad SMARTS) is 1. The number of hydrogen-bond acceptors (Lipinski definition) is 4. The molecule has 0 radical (unpaired) electrons. The smallest absolute Gasteiger partial charge is 0.329 e. The second kappa shape index (κ2) is 6.87. The van der Waals surface area contributed by atoms with E-state index in [-0.39, 0.29) is 23.9 Å². The summed E-state index contributed by atoms with van der Waals surface area (Å²) in [5, 5.41) is 8.54. The van der Waals surface area contributed by atoms with Gasteiger partial charge in [-0.05, 0) is 24.7 Å². The molecule has 0 bridgehead atoms. The van der Waals surface area contributed by atoms with Gasteiger partial charge >= 0.3 is 5.97 Å². The Bertz CT molecular complexity index is 419. The number of aliphatic carboxylic acids is 1. The van der Waals surface area contributed by atoms with E-state index in [2.05, 4.69) is 0 Å². The molecule has 0 amide bonds. The maximum atomic E-state index is 12.2. The number of nitrogens with zero attached hydrogens (tertiary/aromatic N) is 1. The van der Waals surface area contributed by atoms with Crippen molar-refractivity contribution in [3.8, 4) is 0 Å². The molecule has 0 spiro atoms. The highest BCUT2D eigenvalue weighted by Gasteiger charge is 2.29. The van der Waals surface area contributed by atoms with Crippen LogP contribution in [0.1, 0.15) is 40.0 Å². The second-order valence-electron chi connectivity index (χ2n) is 6.43. The third-order valence-corrected chi connectivity index (χ3v) is 5.22. The van der Waals surface area contributed by atoms with Crippen molar-refractivity contribution in [2.45, 2.75) is 46.1 Å². The largest absolute Gasteiger partial charge is 0.480 e. The molecule has 0 aromatic carbocycles. The maximum absolute atomic E-state index is 12.2. The van der Waals surface area contributed by atoms with Gasteiger partial charge in [0.15, 0.2) is 0 Å². The van der Waals surface area contributed by atoms with E-state index < -0.39 is 16.0 Å². The van der Waals surface area contributed by atoms with Gasteiger partial charge in [-0.25, -0.2) is 17.5 Å². The van der Waals surface area contributed by atoms with Gasteiger partial charge in [-0.3, -0.25) is 0 Å². The van der Waals surface area contributed by atoms with Gasteiger partial charge in [-0.2, -0.15) is 0 Å². The molecular formula is C13H25NO5S. The van der Waals surface area contributed by atoms with E-state index in [1.54, 1.807) is 0 Å². The molecule has 0 saturated carbocycles. The fraction of sp³-hybridized carbons (Fsp3) is 0.923. The van der Waals surface area contributed by atoms with Crippen molar-refractivity contribution in [1.29, 1.82) is 0 Å². The zero-order valence-electron chi connectivity index (χ0n) is 12.5. The molecule has 0 aliphatic carbocycles. The predicted molar refractivity (Wildman–Crippen MR) is 76.0 cm³/mol. The van der Waals surface area contributed by atoms with Crippen LogP contribution in [0.15, 0.2) is 0 Å². The Hall–Kier alpha value is -0.660. The van der Waals surface area contributed by atoms with Gasteiger partial charge in [-0.1, -0.05) is 20.8 Å². The molecule has 1 fully saturated rings. The van der Waals surface area contributed by atoms with E-state index in [0.29, 0.717) is 32.4 Å². The predicted octanol–water partition coefficient (Wildman–Crippen LogP) is 1.32. The Balaban J connectivity index is 2.42. The highest BCUT2D eigenvalue weighted by molar-refractivity contribution is 7.89. The van der Waals surface area contributed by atoms with Crippen LogP contribution in [0.5, 0.6) is 0 Å². The molecule has 118 valence electrons. The van der Waals surface area contributed by atoms with Crippen LogP contribution in [0.4, 0.5) is 0 Å². The second-order valence-corrected chi connectivity index (χ2v) is 8.52. The van der Waals surface area contributed by atoms with Crippen LogP contribution in [-0.2, 0) is 19.6 Å². The van der Waals surface area contributed by atoms with Crippen LogP contribution in [0.3, 0.4) is 0 Å². The Kier molecular flexibility index (Phi) is 5.97. The Morgan fingerprint density at radius 1 is 1.30 bits per heavy atom. The quantitative estimate of drug-likeness (QED) is 0.800. The lowest BCUT2D eigenvalue weighted by Gasteiger charge is -2.31. The number of rotatable bonds is 6. The van der Waals surface area contributed by atoms with Crippen molar-refractivity contribution >= 4 is 16.0 Å².